The summed E-state index contributed by atoms with van der Waals surface area (Å²) in [5.74, 6) is -2.23. The van der Waals surface area contributed by atoms with E-state index in [1.807, 2.05) is 0 Å². The van der Waals surface area contributed by atoms with Gasteiger partial charge in [-0.2, -0.15) is 0 Å². The standard InChI is InChI=1S/C21H26N6O7/c22-21(18(29)30,27-20(31)33-13-14-5-2-1-3-6-14)17(16(28)15-7-9-26-34-15)32-12-4-8-23-19-24-10-11-25-19/h1-3,5-7,9,17H,4,8,10-13,22H2,(H,27,31)(H,29,30)(H2,23,24,25). The molecule has 2 heterocycles. The first-order valence-electron chi connectivity index (χ1n) is 10.5. The number of carbonyl (C=O) groups excluding carboxylic acids is 2. The minimum atomic E-state index is -2.65. The molecule has 1 aromatic heterocycles. The van der Waals surface area contributed by atoms with E-state index in [4.69, 9.17) is 19.7 Å². The molecule has 13 heteroatoms. The van der Waals surface area contributed by atoms with Crippen molar-refractivity contribution in [2.24, 2.45) is 10.7 Å². The van der Waals surface area contributed by atoms with Gasteiger partial charge in [0.25, 0.3) is 0 Å². The van der Waals surface area contributed by atoms with Crippen LogP contribution in [0.1, 0.15) is 22.5 Å². The summed E-state index contributed by atoms with van der Waals surface area (Å²) in [6, 6.07) is 9.99. The van der Waals surface area contributed by atoms with Crippen molar-refractivity contribution in [3.8, 4) is 0 Å². The van der Waals surface area contributed by atoms with Crippen LogP contribution in [0.4, 0.5) is 4.79 Å². The van der Waals surface area contributed by atoms with Crippen molar-refractivity contribution in [2.45, 2.75) is 24.8 Å². The van der Waals surface area contributed by atoms with Crippen molar-refractivity contribution >= 4 is 23.8 Å². The molecule has 0 spiro atoms. The van der Waals surface area contributed by atoms with E-state index >= 15 is 0 Å². The average Bonchev–Trinajstić information content (AvgIpc) is 3.55. The average molecular weight is 474 g/mol. The minimum Gasteiger partial charge on any atom is -0.478 e. The third kappa shape index (κ3) is 6.52. The number of nitrogens with one attached hydrogen (secondary N) is 3. The number of aliphatic imine (C=N–C) groups is 1. The Morgan fingerprint density at radius 2 is 2.06 bits per heavy atom. The number of carboxylic acids is 1. The van der Waals surface area contributed by atoms with Gasteiger partial charge in [-0.1, -0.05) is 35.5 Å². The number of nitrogens with zero attached hydrogens (tertiary/aromatic N) is 2. The number of hydrogen-bond donors (Lipinski definition) is 5. The lowest BCUT2D eigenvalue weighted by Crippen LogP contribution is -2.71. The molecule has 0 aliphatic carbocycles. The van der Waals surface area contributed by atoms with Gasteiger partial charge in [-0.3, -0.25) is 20.8 Å². The van der Waals surface area contributed by atoms with E-state index in [1.165, 1.54) is 12.3 Å². The number of benzene rings is 1. The highest BCUT2D eigenvalue weighted by Crippen LogP contribution is 2.17. The Bertz CT molecular complexity index is 998. The molecule has 34 heavy (non-hydrogen) atoms. The molecule has 2 unspecified atom stereocenters. The Morgan fingerprint density at radius 3 is 2.71 bits per heavy atom. The van der Waals surface area contributed by atoms with Crippen LogP contribution in [-0.2, 0) is 20.9 Å². The topological polar surface area (TPSA) is 190 Å². The number of carbonyl (C=O) groups is 3. The molecule has 0 radical (unpaired) electrons. The molecule has 2 aromatic rings. The second-order valence-electron chi connectivity index (χ2n) is 7.29. The fourth-order valence-corrected chi connectivity index (χ4v) is 3.04. The third-order valence-corrected chi connectivity index (χ3v) is 4.78. The van der Waals surface area contributed by atoms with Crippen molar-refractivity contribution in [1.29, 1.82) is 0 Å². The van der Waals surface area contributed by atoms with Crippen LogP contribution in [-0.4, -0.2) is 72.1 Å². The highest BCUT2D eigenvalue weighted by atomic mass is 16.6. The number of rotatable bonds is 12. The molecule has 0 saturated heterocycles. The Balaban J connectivity index is 1.66. The number of aliphatic carboxylic acids is 1. The number of ketones is 1. The van der Waals surface area contributed by atoms with Gasteiger partial charge < -0.3 is 29.7 Å². The number of ether oxygens (including phenoxy) is 2. The zero-order chi connectivity index (χ0) is 24.4. The lowest BCUT2D eigenvalue weighted by molar-refractivity contribution is -0.150. The molecule has 1 aromatic carbocycles. The Morgan fingerprint density at radius 1 is 1.26 bits per heavy atom. The lowest BCUT2D eigenvalue weighted by atomic mass is 9.98. The van der Waals surface area contributed by atoms with Crippen LogP contribution in [0.5, 0.6) is 0 Å². The van der Waals surface area contributed by atoms with Gasteiger partial charge in [0, 0.05) is 25.8 Å². The van der Waals surface area contributed by atoms with E-state index in [2.05, 4.69) is 26.1 Å². The number of carboxylic acid groups (broad SMARTS) is 1. The second-order valence-corrected chi connectivity index (χ2v) is 7.29. The summed E-state index contributed by atoms with van der Waals surface area (Å²) in [6.45, 7) is 1.66. The lowest BCUT2D eigenvalue weighted by Gasteiger charge is -2.32. The van der Waals surface area contributed by atoms with Gasteiger partial charge in [0.15, 0.2) is 12.1 Å². The number of guanidine groups is 1. The van der Waals surface area contributed by atoms with Crippen molar-refractivity contribution in [1.82, 2.24) is 21.1 Å². The van der Waals surface area contributed by atoms with E-state index in [9.17, 15) is 19.5 Å². The molecular formula is C21H26N6O7. The largest absolute Gasteiger partial charge is 0.478 e. The number of hydrogen-bond acceptors (Lipinski definition) is 11. The van der Waals surface area contributed by atoms with Crippen LogP contribution >= 0.6 is 0 Å². The maximum absolute atomic E-state index is 13.0. The first kappa shape index (κ1) is 24.7. The summed E-state index contributed by atoms with van der Waals surface area (Å²) < 4.78 is 15.5. The molecule has 1 amide bonds. The normalized spacial score (nSPS) is 15.4. The number of amides is 1. The fraction of sp³-hybridized carbons (Fsp3) is 0.381. The van der Waals surface area contributed by atoms with Gasteiger partial charge in [0.1, 0.15) is 6.61 Å². The quantitative estimate of drug-likeness (QED) is 0.156. The van der Waals surface area contributed by atoms with E-state index in [1.54, 1.807) is 30.3 Å². The van der Waals surface area contributed by atoms with Crippen molar-refractivity contribution in [2.75, 3.05) is 26.2 Å². The molecule has 0 fully saturated rings. The maximum Gasteiger partial charge on any atom is 0.409 e. The van der Waals surface area contributed by atoms with Crippen molar-refractivity contribution < 1.29 is 33.5 Å². The molecule has 0 bridgehead atoms. The molecule has 1 aliphatic heterocycles. The van der Waals surface area contributed by atoms with Crippen LogP contribution in [0.25, 0.3) is 0 Å². The monoisotopic (exact) mass is 474 g/mol. The molecule has 182 valence electrons. The smallest absolute Gasteiger partial charge is 0.409 e. The molecule has 2 atom stereocenters. The summed E-state index contributed by atoms with van der Waals surface area (Å²) in [5, 5.41) is 21.4. The molecular weight excluding hydrogens is 448 g/mol. The number of alkyl carbamates (subject to hydrolysis) is 1. The highest BCUT2D eigenvalue weighted by molar-refractivity contribution is 6.02. The summed E-state index contributed by atoms with van der Waals surface area (Å²) in [4.78, 5) is 41.6. The van der Waals surface area contributed by atoms with E-state index < -0.39 is 29.6 Å². The van der Waals surface area contributed by atoms with E-state index in [0.717, 1.165) is 6.54 Å². The molecule has 6 N–H and O–H groups in total. The highest BCUT2D eigenvalue weighted by Gasteiger charge is 2.50. The molecule has 13 nitrogen and oxygen atoms in total. The van der Waals surface area contributed by atoms with Crippen LogP contribution < -0.4 is 21.7 Å². The third-order valence-electron chi connectivity index (χ3n) is 4.78. The first-order chi connectivity index (χ1) is 16.4. The summed E-state index contributed by atoms with van der Waals surface area (Å²) in [7, 11) is 0. The number of nitrogens with two attached hydrogens (primary N) is 1. The maximum atomic E-state index is 13.0. The van der Waals surface area contributed by atoms with Gasteiger partial charge in [0.2, 0.25) is 17.2 Å². The zero-order valence-corrected chi connectivity index (χ0v) is 18.2. The fourth-order valence-electron chi connectivity index (χ4n) is 3.04. The predicted molar refractivity (Wildman–Crippen MR) is 118 cm³/mol. The number of aromatic nitrogens is 1. The van der Waals surface area contributed by atoms with Gasteiger partial charge >= 0.3 is 12.1 Å². The summed E-state index contributed by atoms with van der Waals surface area (Å²) in [5.41, 5.74) is 4.04. The molecule has 0 saturated carbocycles. The van der Waals surface area contributed by atoms with Crippen molar-refractivity contribution in [3.05, 3.63) is 53.9 Å². The predicted octanol–water partition coefficient (Wildman–Crippen LogP) is -0.153. The van der Waals surface area contributed by atoms with Gasteiger partial charge in [-0.05, 0) is 12.0 Å². The minimum absolute atomic E-state index is 0.0577. The van der Waals surface area contributed by atoms with Crippen LogP contribution in [0.15, 0.2) is 52.1 Å². The molecule has 3 rings (SSSR count). The van der Waals surface area contributed by atoms with Gasteiger partial charge in [-0.25, -0.2) is 9.59 Å². The molecule has 1 aliphatic rings. The van der Waals surface area contributed by atoms with Crippen LogP contribution in [0, 0.1) is 0 Å². The Labute approximate surface area is 194 Å². The van der Waals surface area contributed by atoms with E-state index in [0.29, 0.717) is 31.0 Å². The summed E-state index contributed by atoms with van der Waals surface area (Å²) >= 11 is 0. The first-order valence-corrected chi connectivity index (χ1v) is 10.5. The van der Waals surface area contributed by atoms with Crippen LogP contribution in [0.2, 0.25) is 0 Å². The SMILES string of the molecule is NC(NC(=O)OCc1ccccc1)(C(=O)O)C(OCCCNC1=NCCN1)C(=O)c1ccno1. The van der Waals surface area contributed by atoms with Crippen molar-refractivity contribution in [3.63, 3.8) is 0 Å². The Kier molecular flexibility index (Phi) is 8.54. The van der Waals surface area contributed by atoms with Crippen LogP contribution in [0.3, 0.4) is 0 Å². The zero-order valence-electron chi connectivity index (χ0n) is 18.2. The second kappa shape index (κ2) is 11.8. The number of Topliss-reactive ketones (excluding diaryl/α,β-unsaturated/α-hetero) is 1. The van der Waals surface area contributed by atoms with E-state index in [-0.39, 0.29) is 19.0 Å². The van der Waals surface area contributed by atoms with Gasteiger partial charge in [-0.15, -0.1) is 0 Å². The Hall–Kier alpha value is -3.97. The van der Waals surface area contributed by atoms with Gasteiger partial charge in [0.05, 0.1) is 12.7 Å². The summed E-state index contributed by atoms with van der Waals surface area (Å²) in [6.07, 6.45) is -1.37.